The van der Waals surface area contributed by atoms with E-state index in [0.717, 1.165) is 44.9 Å². The molecule has 18 heteroatoms. The first-order valence-corrected chi connectivity index (χ1v) is 20.5. The van der Waals surface area contributed by atoms with Crippen molar-refractivity contribution in [2.24, 2.45) is 22.6 Å². The largest absolute Gasteiger partial charge is 0.384 e. The minimum Gasteiger partial charge on any atom is -0.384 e. The molecule has 0 radical (unpaired) electrons. The van der Waals surface area contributed by atoms with Crippen molar-refractivity contribution in [2.45, 2.75) is 113 Å². The van der Waals surface area contributed by atoms with Crippen LogP contribution in [0.15, 0.2) is 40.4 Å². The summed E-state index contributed by atoms with van der Waals surface area (Å²) in [6, 6.07) is 3.49. The smallest absolute Gasteiger partial charge is 0.287 e. The maximum Gasteiger partial charge on any atom is 0.287 e. The lowest BCUT2D eigenvalue weighted by Crippen LogP contribution is -2.63. The molecule has 6 rings (SSSR count). The second kappa shape index (κ2) is 16.4. The fourth-order valence-electron chi connectivity index (χ4n) is 7.71. The monoisotopic (exact) mass is 782 g/mol. The van der Waals surface area contributed by atoms with Gasteiger partial charge in [0.1, 0.15) is 22.9 Å². The molecule has 4 amide bonds. The van der Waals surface area contributed by atoms with Gasteiger partial charge in [-0.25, -0.2) is 22.8 Å². The molecule has 4 fully saturated rings. The number of ether oxygens (including phenoxy) is 1. The average Bonchev–Trinajstić information content (AvgIpc) is 3.65. The van der Waals surface area contributed by atoms with Gasteiger partial charge < -0.3 is 25.8 Å². The summed E-state index contributed by atoms with van der Waals surface area (Å²) >= 11 is 0. The van der Waals surface area contributed by atoms with Gasteiger partial charge >= 0.3 is 0 Å². The molecule has 2 saturated carbocycles. The van der Waals surface area contributed by atoms with E-state index in [2.05, 4.69) is 25.3 Å². The van der Waals surface area contributed by atoms with Crippen molar-refractivity contribution in [3.05, 3.63) is 41.7 Å². The van der Waals surface area contributed by atoms with Crippen LogP contribution in [0.1, 0.15) is 107 Å². The van der Waals surface area contributed by atoms with Crippen LogP contribution in [0.4, 0.5) is 0 Å². The van der Waals surface area contributed by atoms with Gasteiger partial charge in [0.25, 0.3) is 17.7 Å². The Morgan fingerprint density at radius 3 is 2.31 bits per heavy atom. The number of ketones is 1. The number of carbonyl (C=O) groups excluding carboxylic acids is 5. The van der Waals surface area contributed by atoms with Crippen molar-refractivity contribution in [1.82, 2.24) is 29.9 Å². The van der Waals surface area contributed by atoms with Crippen molar-refractivity contribution in [2.75, 3.05) is 26.3 Å². The zero-order chi connectivity index (χ0) is 39.5. The lowest BCUT2D eigenvalue weighted by atomic mass is 9.84. The summed E-state index contributed by atoms with van der Waals surface area (Å²) in [7, 11) is -3.78. The topological polar surface area (TPSA) is 245 Å². The van der Waals surface area contributed by atoms with Gasteiger partial charge in [0, 0.05) is 51.1 Å². The Labute approximate surface area is 319 Å². The second-order valence-corrected chi connectivity index (χ2v) is 17.5. The van der Waals surface area contributed by atoms with Crippen LogP contribution in [0.2, 0.25) is 0 Å². The highest BCUT2D eigenvalue weighted by Crippen LogP contribution is 2.34. The number of sulfonamides is 1. The van der Waals surface area contributed by atoms with Gasteiger partial charge in [-0.05, 0) is 69.2 Å². The molecule has 2 aliphatic carbocycles. The number of nitrogens with one attached hydrogen (secondary N) is 2. The van der Waals surface area contributed by atoms with Crippen molar-refractivity contribution in [1.29, 1.82) is 0 Å². The van der Waals surface area contributed by atoms with Crippen molar-refractivity contribution >= 4 is 45.1 Å². The highest BCUT2D eigenvalue weighted by molar-refractivity contribution is 7.89. The number of nitrogens with two attached hydrogens (primary N) is 1. The highest BCUT2D eigenvalue weighted by Gasteiger charge is 2.49. The van der Waals surface area contributed by atoms with E-state index in [4.69, 9.17) is 10.5 Å². The zero-order valence-electron chi connectivity index (χ0n) is 31.2. The molecule has 17 nitrogen and oxygen atoms in total. The predicted octanol–water partition coefficient (Wildman–Crippen LogP) is 1.31. The Balaban J connectivity index is 1.32. The second-order valence-electron chi connectivity index (χ2n) is 15.8. The summed E-state index contributed by atoms with van der Waals surface area (Å²) in [4.78, 5) is 73.7. The van der Waals surface area contributed by atoms with Crippen LogP contribution in [0.3, 0.4) is 0 Å². The number of nitrogens with zero attached hydrogens (tertiary/aromatic N) is 5. The molecule has 55 heavy (non-hydrogen) atoms. The first kappa shape index (κ1) is 40.3. The van der Waals surface area contributed by atoms with Crippen LogP contribution in [-0.4, -0.2) is 106 Å². The minimum atomic E-state index is -3.78. The average molecular weight is 783 g/mol. The van der Waals surface area contributed by atoms with Crippen molar-refractivity contribution in [3.8, 4) is 0 Å². The third-order valence-corrected chi connectivity index (χ3v) is 12.6. The van der Waals surface area contributed by atoms with Crippen molar-refractivity contribution < 1.29 is 42.2 Å². The summed E-state index contributed by atoms with van der Waals surface area (Å²) in [5.41, 5.74) is 2.76. The van der Waals surface area contributed by atoms with E-state index < -0.39 is 62.7 Å². The van der Waals surface area contributed by atoms with Crippen LogP contribution in [0, 0.1) is 11.8 Å². The van der Waals surface area contributed by atoms with Gasteiger partial charge in [-0.15, -0.1) is 5.10 Å². The number of likely N-dealkylation sites (tertiary alicyclic amines) is 1. The van der Waals surface area contributed by atoms with Gasteiger partial charge in [0.2, 0.25) is 21.7 Å². The number of benzene rings is 1. The molecule has 298 valence electrons. The van der Waals surface area contributed by atoms with E-state index in [1.807, 2.05) is 0 Å². The number of rotatable bonds is 14. The summed E-state index contributed by atoms with van der Waals surface area (Å²) in [5, 5.41) is 21.8. The van der Waals surface area contributed by atoms with E-state index in [9.17, 15) is 37.5 Å². The van der Waals surface area contributed by atoms with E-state index >= 15 is 0 Å². The molecule has 2 aromatic rings. The zero-order valence-corrected chi connectivity index (χ0v) is 32.1. The first-order valence-electron chi connectivity index (χ1n) is 19.0. The number of Topliss-reactive ketones (excluding diaryl/α,β-unsaturated/α-hetero) is 1. The number of hydrogen-bond donors (Lipinski definition) is 4. The van der Waals surface area contributed by atoms with Crippen LogP contribution < -0.4 is 15.8 Å². The van der Waals surface area contributed by atoms with Crippen LogP contribution >= 0.6 is 0 Å². The Morgan fingerprint density at radius 2 is 1.69 bits per heavy atom. The number of carbonyl (C=O) groups is 5. The lowest BCUT2D eigenvalue weighted by Gasteiger charge is -2.37. The SMILES string of the molecule is CC(C)(O)c1cnnn1[C@H]1C[C@@H](C(=O)NC2(C(=O)C(N)=O)CCOCC2)N(C(=O)C(CC2CCCCC2)=NC(=O)c2ccc(S(=O)(=O)NCC3CC3)cc2)C1. The predicted molar refractivity (Wildman–Crippen MR) is 197 cm³/mol. The van der Waals surface area contributed by atoms with Gasteiger partial charge in [-0.2, -0.15) is 0 Å². The molecule has 2 atom stereocenters. The number of hydrogen-bond acceptors (Lipinski definition) is 11. The Morgan fingerprint density at radius 1 is 1.02 bits per heavy atom. The maximum atomic E-state index is 14.7. The van der Waals surface area contributed by atoms with E-state index in [0.29, 0.717) is 18.2 Å². The molecule has 3 heterocycles. The van der Waals surface area contributed by atoms with E-state index in [1.165, 1.54) is 40.0 Å². The van der Waals surface area contributed by atoms with E-state index in [-0.39, 0.29) is 67.5 Å². The van der Waals surface area contributed by atoms with Gasteiger partial charge in [-0.3, -0.25) is 24.0 Å². The Kier molecular flexibility index (Phi) is 12.0. The number of primary amides is 1. The summed E-state index contributed by atoms with van der Waals surface area (Å²) in [6.45, 7) is 3.56. The van der Waals surface area contributed by atoms with Crippen LogP contribution in [-0.2, 0) is 39.5 Å². The maximum absolute atomic E-state index is 14.7. The quantitative estimate of drug-likeness (QED) is 0.157. The molecular weight excluding hydrogens is 733 g/mol. The molecule has 1 aromatic heterocycles. The van der Waals surface area contributed by atoms with Crippen molar-refractivity contribution in [3.63, 3.8) is 0 Å². The number of aromatic nitrogens is 3. The normalized spacial score (nSPS) is 22.3. The third kappa shape index (κ3) is 9.36. The minimum absolute atomic E-state index is 0.000183. The molecule has 0 bridgehead atoms. The molecule has 2 saturated heterocycles. The lowest BCUT2D eigenvalue weighted by molar-refractivity contribution is -0.146. The summed E-state index contributed by atoms with van der Waals surface area (Å²) in [6.07, 6.45) is 8.11. The van der Waals surface area contributed by atoms with Crippen LogP contribution in [0.25, 0.3) is 0 Å². The molecule has 0 unspecified atom stereocenters. The Hall–Kier alpha value is -4.39. The van der Waals surface area contributed by atoms with Gasteiger partial charge in [0.15, 0.2) is 0 Å². The highest BCUT2D eigenvalue weighted by atomic mass is 32.2. The van der Waals surface area contributed by atoms with Gasteiger partial charge in [0.05, 0.1) is 22.8 Å². The number of aliphatic hydroxyl groups is 1. The summed E-state index contributed by atoms with van der Waals surface area (Å²) < 4.78 is 35.1. The first-order chi connectivity index (χ1) is 26.1. The standard InChI is InChI=1S/C37H50N8O9S/c1-36(2,51)30-21-39-43-45(30)26-19-29(34(49)42-37(31(46)32(38)47)14-16-54-17-15-37)44(22-26)35(50)28(18-23-6-4-3-5-7-23)41-33(48)25-10-12-27(13-11-25)55(52,53)40-20-24-8-9-24/h10-13,21,23-24,26,29,40,51H,3-9,14-20,22H2,1-2H3,(H2,38,47)(H,42,49)/t26-,29-/m0/s1. The van der Waals surface area contributed by atoms with Crippen LogP contribution in [0.5, 0.6) is 0 Å². The molecule has 2 aliphatic heterocycles. The molecular formula is C37H50N8O9S. The van der Waals surface area contributed by atoms with Gasteiger partial charge in [-0.1, -0.05) is 37.3 Å². The fraction of sp³-hybridized carbons (Fsp3) is 0.622. The third-order valence-electron chi connectivity index (χ3n) is 11.1. The molecule has 1 aromatic carbocycles. The fourth-order valence-corrected chi connectivity index (χ4v) is 8.82. The number of aliphatic imine (C=N–C) groups is 1. The molecule has 0 spiro atoms. The Bertz CT molecular complexity index is 1920. The van der Waals surface area contributed by atoms with E-state index in [1.54, 1.807) is 13.8 Å². The molecule has 5 N–H and O–H groups in total. The molecule has 4 aliphatic rings. The number of amides is 4. The summed E-state index contributed by atoms with van der Waals surface area (Å²) in [5.74, 6) is -3.93.